The third-order valence-corrected chi connectivity index (χ3v) is 7.31. The summed E-state index contributed by atoms with van der Waals surface area (Å²) in [6.07, 6.45) is 0. The standard InChI is InChI=1S/C21H25ClFN3O4S/c1-3-25(4-2)20-8-6-16(31(28,29)26-9-11-30-12-10-26)14-19(20)24-21(27)17-7-5-15(23)13-18(17)22/h5-8,13-14H,3-4,9-12H2,1-2H3,(H,24,27). The van der Waals surface area contributed by atoms with Crippen molar-refractivity contribution < 1.29 is 22.3 Å². The van der Waals surface area contributed by atoms with Crippen LogP contribution in [0.3, 0.4) is 0 Å². The molecule has 1 fully saturated rings. The number of rotatable bonds is 7. The Morgan fingerprint density at radius 1 is 1.16 bits per heavy atom. The molecule has 0 aliphatic carbocycles. The molecule has 10 heteroatoms. The van der Waals surface area contributed by atoms with Gasteiger partial charge in [0.2, 0.25) is 10.0 Å². The summed E-state index contributed by atoms with van der Waals surface area (Å²) in [6.45, 7) is 6.46. The van der Waals surface area contributed by atoms with Crippen LogP contribution in [0.25, 0.3) is 0 Å². The maximum atomic E-state index is 13.4. The van der Waals surface area contributed by atoms with Gasteiger partial charge in [0.15, 0.2) is 0 Å². The lowest BCUT2D eigenvalue weighted by Gasteiger charge is -2.28. The van der Waals surface area contributed by atoms with Crippen molar-refractivity contribution in [2.45, 2.75) is 18.7 Å². The van der Waals surface area contributed by atoms with E-state index in [2.05, 4.69) is 5.32 Å². The van der Waals surface area contributed by atoms with Crippen molar-refractivity contribution in [2.75, 3.05) is 49.6 Å². The van der Waals surface area contributed by atoms with Crippen molar-refractivity contribution in [3.8, 4) is 0 Å². The van der Waals surface area contributed by atoms with Crippen LogP contribution < -0.4 is 10.2 Å². The smallest absolute Gasteiger partial charge is 0.257 e. The van der Waals surface area contributed by atoms with Crippen LogP contribution in [0.1, 0.15) is 24.2 Å². The molecule has 1 heterocycles. The summed E-state index contributed by atoms with van der Waals surface area (Å²) < 4.78 is 46.1. The summed E-state index contributed by atoms with van der Waals surface area (Å²) in [5.41, 5.74) is 1.11. The molecular weight excluding hydrogens is 445 g/mol. The van der Waals surface area contributed by atoms with Gasteiger partial charge in [-0.25, -0.2) is 12.8 Å². The molecule has 0 atom stereocenters. The minimum Gasteiger partial charge on any atom is -0.379 e. The Hall–Kier alpha value is -2.20. The maximum absolute atomic E-state index is 13.4. The van der Waals surface area contributed by atoms with Gasteiger partial charge in [-0.3, -0.25) is 4.79 Å². The van der Waals surface area contributed by atoms with Gasteiger partial charge < -0.3 is 15.0 Å². The van der Waals surface area contributed by atoms with E-state index in [1.807, 2.05) is 18.7 Å². The van der Waals surface area contributed by atoms with E-state index < -0.39 is 21.7 Å². The van der Waals surface area contributed by atoms with E-state index in [1.54, 1.807) is 12.1 Å². The molecule has 31 heavy (non-hydrogen) atoms. The maximum Gasteiger partial charge on any atom is 0.257 e. The summed E-state index contributed by atoms with van der Waals surface area (Å²) >= 11 is 6.03. The third-order valence-electron chi connectivity index (χ3n) is 5.10. The average Bonchev–Trinajstić information content (AvgIpc) is 2.76. The van der Waals surface area contributed by atoms with Gasteiger partial charge in [-0.2, -0.15) is 4.31 Å². The first-order valence-electron chi connectivity index (χ1n) is 10.0. The van der Waals surface area contributed by atoms with Gasteiger partial charge in [-0.15, -0.1) is 0 Å². The van der Waals surface area contributed by atoms with Crippen LogP contribution in [0.2, 0.25) is 5.02 Å². The number of benzene rings is 2. The zero-order valence-corrected chi connectivity index (χ0v) is 19.0. The number of nitrogens with zero attached hydrogens (tertiary/aromatic N) is 2. The number of halogens is 2. The molecule has 168 valence electrons. The van der Waals surface area contributed by atoms with E-state index in [0.717, 1.165) is 12.1 Å². The Balaban J connectivity index is 2.00. The van der Waals surface area contributed by atoms with Crippen molar-refractivity contribution in [1.82, 2.24) is 4.31 Å². The van der Waals surface area contributed by atoms with Gasteiger partial charge in [-0.05, 0) is 50.2 Å². The number of sulfonamides is 1. The molecule has 1 N–H and O–H groups in total. The lowest BCUT2D eigenvalue weighted by molar-refractivity contribution is 0.0730. The zero-order chi connectivity index (χ0) is 22.6. The predicted molar refractivity (Wildman–Crippen MR) is 119 cm³/mol. The summed E-state index contributed by atoms with van der Waals surface area (Å²) in [4.78, 5) is 14.9. The number of carbonyl (C=O) groups excluding carboxylic acids is 1. The first kappa shape index (κ1) is 23.5. The van der Waals surface area contributed by atoms with Gasteiger partial charge >= 0.3 is 0 Å². The largest absolute Gasteiger partial charge is 0.379 e. The molecule has 7 nitrogen and oxygen atoms in total. The summed E-state index contributed by atoms with van der Waals surface area (Å²) in [5.74, 6) is -1.11. The van der Waals surface area contributed by atoms with Crippen LogP contribution in [0, 0.1) is 5.82 Å². The van der Waals surface area contributed by atoms with Gasteiger partial charge in [0.25, 0.3) is 5.91 Å². The van der Waals surface area contributed by atoms with Gasteiger partial charge in [0.05, 0.1) is 40.1 Å². The number of ether oxygens (including phenoxy) is 1. The normalized spacial score (nSPS) is 15.0. The highest BCUT2D eigenvalue weighted by molar-refractivity contribution is 7.89. The fraction of sp³-hybridized carbons (Fsp3) is 0.381. The number of hydrogen-bond acceptors (Lipinski definition) is 5. The highest BCUT2D eigenvalue weighted by Gasteiger charge is 2.28. The van der Waals surface area contributed by atoms with Crippen LogP contribution in [0.15, 0.2) is 41.3 Å². The quantitative estimate of drug-likeness (QED) is 0.670. The molecule has 3 rings (SSSR count). The molecule has 0 unspecified atom stereocenters. The molecule has 2 aromatic carbocycles. The van der Waals surface area contributed by atoms with E-state index in [0.29, 0.717) is 37.7 Å². The van der Waals surface area contributed by atoms with Crippen LogP contribution in [-0.4, -0.2) is 58.0 Å². The average molecular weight is 470 g/mol. The van der Waals surface area contributed by atoms with Crippen LogP contribution in [0.5, 0.6) is 0 Å². The third kappa shape index (κ3) is 5.17. The van der Waals surface area contributed by atoms with Crippen molar-refractivity contribution >= 4 is 38.9 Å². The molecule has 1 aliphatic heterocycles. The Kier molecular flexibility index (Phi) is 7.53. The van der Waals surface area contributed by atoms with Crippen LogP contribution >= 0.6 is 11.6 Å². The van der Waals surface area contributed by atoms with E-state index in [9.17, 15) is 17.6 Å². The Morgan fingerprint density at radius 3 is 2.45 bits per heavy atom. The SMILES string of the molecule is CCN(CC)c1ccc(S(=O)(=O)N2CCOCC2)cc1NC(=O)c1ccc(F)cc1Cl. The van der Waals surface area contributed by atoms with Crippen molar-refractivity contribution in [1.29, 1.82) is 0 Å². The molecule has 0 saturated carbocycles. The molecule has 0 bridgehead atoms. The number of anilines is 2. The van der Waals surface area contributed by atoms with Gasteiger partial charge in [-0.1, -0.05) is 11.6 Å². The first-order chi connectivity index (χ1) is 14.8. The summed E-state index contributed by atoms with van der Waals surface area (Å²) in [6, 6.07) is 8.17. The second-order valence-corrected chi connectivity index (χ2v) is 9.29. The number of amides is 1. The minimum atomic E-state index is -3.75. The highest BCUT2D eigenvalue weighted by atomic mass is 35.5. The molecule has 1 aliphatic rings. The highest BCUT2D eigenvalue weighted by Crippen LogP contribution is 2.31. The molecule has 1 amide bonds. The summed E-state index contributed by atoms with van der Waals surface area (Å²) in [5, 5.41) is 2.73. The van der Waals surface area contributed by atoms with E-state index in [4.69, 9.17) is 16.3 Å². The molecule has 0 radical (unpaired) electrons. The second-order valence-electron chi connectivity index (χ2n) is 6.95. The van der Waals surface area contributed by atoms with E-state index >= 15 is 0 Å². The fourth-order valence-electron chi connectivity index (χ4n) is 3.42. The lowest BCUT2D eigenvalue weighted by atomic mass is 10.2. The monoisotopic (exact) mass is 469 g/mol. The number of hydrogen-bond donors (Lipinski definition) is 1. The molecule has 0 spiro atoms. The number of carbonyl (C=O) groups is 1. The van der Waals surface area contributed by atoms with E-state index in [1.165, 1.54) is 16.4 Å². The Bertz CT molecular complexity index is 1050. The second kappa shape index (κ2) is 9.95. The molecule has 1 saturated heterocycles. The van der Waals surface area contributed by atoms with Crippen LogP contribution in [-0.2, 0) is 14.8 Å². The minimum absolute atomic E-state index is 0.0287. The lowest BCUT2D eigenvalue weighted by Crippen LogP contribution is -2.40. The Morgan fingerprint density at radius 2 is 1.84 bits per heavy atom. The van der Waals surface area contributed by atoms with Crippen molar-refractivity contribution in [3.63, 3.8) is 0 Å². The zero-order valence-electron chi connectivity index (χ0n) is 17.4. The van der Waals surface area contributed by atoms with Crippen molar-refractivity contribution in [3.05, 3.63) is 52.8 Å². The predicted octanol–water partition coefficient (Wildman–Crippen LogP) is 3.60. The van der Waals surface area contributed by atoms with Crippen molar-refractivity contribution in [2.24, 2.45) is 0 Å². The number of nitrogens with one attached hydrogen (secondary N) is 1. The topological polar surface area (TPSA) is 79.0 Å². The number of morpholine rings is 1. The fourth-order valence-corrected chi connectivity index (χ4v) is 5.10. The van der Waals surface area contributed by atoms with Crippen LogP contribution in [0.4, 0.5) is 15.8 Å². The van der Waals surface area contributed by atoms with E-state index in [-0.39, 0.29) is 28.6 Å². The molecule has 2 aromatic rings. The molecule has 0 aromatic heterocycles. The summed E-state index contributed by atoms with van der Waals surface area (Å²) in [7, 11) is -3.75. The first-order valence-corrected chi connectivity index (χ1v) is 11.8. The Labute approximate surface area is 186 Å². The van der Waals surface area contributed by atoms with Gasteiger partial charge in [0.1, 0.15) is 5.82 Å². The molecular formula is C21H25ClFN3O4S. The van der Waals surface area contributed by atoms with Gasteiger partial charge in [0, 0.05) is 26.2 Å².